The molecule has 2 heterocycles. The average Bonchev–Trinajstić information content (AvgIpc) is 3.06. The third kappa shape index (κ3) is 5.03. The Balaban J connectivity index is 1.49. The Morgan fingerprint density at radius 2 is 2.00 bits per heavy atom. The predicted molar refractivity (Wildman–Crippen MR) is 101 cm³/mol. The fourth-order valence-corrected chi connectivity index (χ4v) is 4.08. The molecule has 6 heteroatoms. The molecule has 1 unspecified atom stereocenters. The zero-order chi connectivity index (χ0) is 17.7. The summed E-state index contributed by atoms with van der Waals surface area (Å²) in [6.07, 6.45) is 5.04. The summed E-state index contributed by atoms with van der Waals surface area (Å²) in [5.41, 5.74) is 1.37. The highest BCUT2D eigenvalue weighted by molar-refractivity contribution is 7.90. The van der Waals surface area contributed by atoms with Crippen molar-refractivity contribution in [3.05, 3.63) is 54.2 Å². The number of pyridine rings is 1. The first-order valence-electron chi connectivity index (χ1n) is 8.67. The highest BCUT2D eigenvalue weighted by atomic mass is 32.2. The van der Waals surface area contributed by atoms with Crippen LogP contribution in [-0.4, -0.2) is 50.7 Å². The van der Waals surface area contributed by atoms with Crippen molar-refractivity contribution in [2.45, 2.75) is 17.7 Å². The van der Waals surface area contributed by atoms with Gasteiger partial charge < -0.3 is 10.2 Å². The second-order valence-electron chi connectivity index (χ2n) is 6.69. The van der Waals surface area contributed by atoms with Gasteiger partial charge in [-0.05, 0) is 43.0 Å². The van der Waals surface area contributed by atoms with Gasteiger partial charge in [-0.3, -0.25) is 0 Å². The quantitative estimate of drug-likeness (QED) is 0.823. The van der Waals surface area contributed by atoms with E-state index in [0.29, 0.717) is 11.7 Å². The molecule has 1 atom stereocenters. The Labute approximate surface area is 150 Å². The first-order valence-corrected chi connectivity index (χ1v) is 10.6. The highest BCUT2D eigenvalue weighted by Crippen LogP contribution is 2.21. The Hall–Kier alpha value is -1.92. The number of rotatable bonds is 7. The maximum absolute atomic E-state index is 11.8. The second-order valence-corrected chi connectivity index (χ2v) is 8.68. The molecule has 5 nitrogen and oxygen atoms in total. The van der Waals surface area contributed by atoms with E-state index in [-0.39, 0.29) is 4.90 Å². The fourth-order valence-electron chi connectivity index (χ4n) is 3.28. The van der Waals surface area contributed by atoms with E-state index in [2.05, 4.69) is 39.5 Å². The number of anilines is 1. The third-order valence-electron chi connectivity index (χ3n) is 4.66. The Morgan fingerprint density at radius 3 is 2.76 bits per heavy atom. The molecule has 1 aliphatic heterocycles. The summed E-state index contributed by atoms with van der Waals surface area (Å²) in [7, 11) is -3.26. The molecule has 0 aliphatic carbocycles. The lowest BCUT2D eigenvalue weighted by Crippen LogP contribution is -2.25. The number of hydrogen-bond acceptors (Lipinski definition) is 5. The van der Waals surface area contributed by atoms with Crippen LogP contribution >= 0.6 is 0 Å². The number of aromatic nitrogens is 1. The molecule has 1 aliphatic rings. The van der Waals surface area contributed by atoms with Gasteiger partial charge in [0.1, 0.15) is 10.7 Å². The van der Waals surface area contributed by atoms with Crippen LogP contribution in [0.5, 0.6) is 0 Å². The summed E-state index contributed by atoms with van der Waals surface area (Å²) in [5, 5.41) is 3.24. The molecule has 3 rings (SSSR count). The molecule has 1 N–H and O–H groups in total. The monoisotopic (exact) mass is 359 g/mol. The first kappa shape index (κ1) is 17.9. The number of nitrogens with one attached hydrogen (secondary N) is 1. The predicted octanol–water partition coefficient (Wildman–Crippen LogP) is 2.46. The van der Waals surface area contributed by atoms with Crippen molar-refractivity contribution >= 4 is 15.7 Å². The summed E-state index contributed by atoms with van der Waals surface area (Å²) >= 11 is 0. The third-order valence-corrected chi connectivity index (χ3v) is 5.79. The minimum Gasteiger partial charge on any atom is -0.369 e. The van der Waals surface area contributed by atoms with Crippen molar-refractivity contribution in [2.75, 3.05) is 37.8 Å². The smallest absolute Gasteiger partial charge is 0.179 e. The van der Waals surface area contributed by atoms with Crippen LogP contribution in [0, 0.1) is 5.92 Å². The van der Waals surface area contributed by atoms with Gasteiger partial charge in [-0.2, -0.15) is 0 Å². The van der Waals surface area contributed by atoms with Gasteiger partial charge in [0.15, 0.2) is 9.84 Å². The van der Waals surface area contributed by atoms with Crippen LogP contribution < -0.4 is 5.32 Å². The molecular formula is C19H25N3O2S. The molecule has 0 bridgehead atoms. The first-order chi connectivity index (χ1) is 12.0. The van der Waals surface area contributed by atoms with E-state index in [1.54, 1.807) is 18.3 Å². The van der Waals surface area contributed by atoms with Gasteiger partial charge in [0, 0.05) is 32.1 Å². The molecule has 0 amide bonds. The van der Waals surface area contributed by atoms with E-state index in [9.17, 15) is 8.42 Å². The van der Waals surface area contributed by atoms with E-state index < -0.39 is 9.84 Å². The average molecular weight is 359 g/mol. The van der Waals surface area contributed by atoms with Gasteiger partial charge >= 0.3 is 0 Å². The van der Waals surface area contributed by atoms with Gasteiger partial charge in [-0.25, -0.2) is 13.4 Å². The zero-order valence-corrected chi connectivity index (χ0v) is 15.4. The van der Waals surface area contributed by atoms with E-state index >= 15 is 0 Å². The molecule has 134 valence electrons. The van der Waals surface area contributed by atoms with Crippen LogP contribution in [0.2, 0.25) is 0 Å². The standard InChI is InChI=1S/C19H25N3O2S/c1-25(23,24)18-8-5-11-20-19(18)21-14-17-10-13-22(15-17)12-9-16-6-3-2-4-7-16/h2-8,11,17H,9-10,12-15H2,1H3,(H,20,21). The molecule has 1 aromatic carbocycles. The maximum Gasteiger partial charge on any atom is 0.179 e. The van der Waals surface area contributed by atoms with Crippen molar-refractivity contribution in [1.82, 2.24) is 9.88 Å². The second kappa shape index (κ2) is 7.97. The van der Waals surface area contributed by atoms with E-state index in [0.717, 1.165) is 39.0 Å². The number of likely N-dealkylation sites (tertiary alicyclic amines) is 1. The molecule has 0 radical (unpaired) electrons. The van der Waals surface area contributed by atoms with Gasteiger partial charge in [-0.15, -0.1) is 0 Å². The molecule has 0 spiro atoms. The van der Waals surface area contributed by atoms with Crippen molar-refractivity contribution < 1.29 is 8.42 Å². The number of sulfone groups is 1. The summed E-state index contributed by atoms with van der Waals surface area (Å²) < 4.78 is 23.7. The molecule has 1 aromatic heterocycles. The minimum absolute atomic E-state index is 0.272. The van der Waals surface area contributed by atoms with Crippen LogP contribution in [0.15, 0.2) is 53.6 Å². The highest BCUT2D eigenvalue weighted by Gasteiger charge is 2.23. The number of benzene rings is 1. The largest absolute Gasteiger partial charge is 0.369 e. The van der Waals surface area contributed by atoms with E-state index in [4.69, 9.17) is 0 Å². The lowest BCUT2D eigenvalue weighted by Gasteiger charge is -2.17. The summed E-state index contributed by atoms with van der Waals surface area (Å²) in [6, 6.07) is 13.8. The molecule has 1 saturated heterocycles. The lowest BCUT2D eigenvalue weighted by atomic mass is 10.1. The van der Waals surface area contributed by atoms with Gasteiger partial charge in [0.25, 0.3) is 0 Å². The van der Waals surface area contributed by atoms with Crippen LogP contribution in [0.25, 0.3) is 0 Å². The molecule has 2 aromatic rings. The fraction of sp³-hybridized carbons (Fsp3) is 0.421. The molecule has 25 heavy (non-hydrogen) atoms. The van der Waals surface area contributed by atoms with Crippen LogP contribution in [0.1, 0.15) is 12.0 Å². The Kier molecular flexibility index (Phi) is 5.71. The van der Waals surface area contributed by atoms with Gasteiger partial charge in [-0.1, -0.05) is 30.3 Å². The molecular weight excluding hydrogens is 334 g/mol. The van der Waals surface area contributed by atoms with Gasteiger partial charge in [0.05, 0.1) is 0 Å². The number of hydrogen-bond donors (Lipinski definition) is 1. The Morgan fingerprint density at radius 1 is 1.20 bits per heavy atom. The SMILES string of the molecule is CS(=O)(=O)c1cccnc1NCC1CCN(CCc2ccccc2)C1. The van der Waals surface area contributed by atoms with Crippen molar-refractivity contribution in [1.29, 1.82) is 0 Å². The lowest BCUT2D eigenvalue weighted by molar-refractivity contribution is 0.330. The van der Waals surface area contributed by atoms with E-state index in [1.165, 1.54) is 11.8 Å². The number of nitrogens with zero attached hydrogens (tertiary/aromatic N) is 2. The summed E-state index contributed by atoms with van der Waals surface area (Å²) in [5.74, 6) is 0.984. The topological polar surface area (TPSA) is 62.3 Å². The van der Waals surface area contributed by atoms with Crippen LogP contribution in [0.4, 0.5) is 5.82 Å². The molecule has 1 fully saturated rings. The van der Waals surface area contributed by atoms with E-state index in [1.807, 2.05) is 6.07 Å². The van der Waals surface area contributed by atoms with Gasteiger partial charge in [0.2, 0.25) is 0 Å². The molecule has 0 saturated carbocycles. The minimum atomic E-state index is -3.26. The summed E-state index contributed by atoms with van der Waals surface area (Å²) in [6.45, 7) is 3.96. The zero-order valence-electron chi connectivity index (χ0n) is 14.6. The van der Waals surface area contributed by atoms with Crippen molar-refractivity contribution in [3.8, 4) is 0 Å². The summed E-state index contributed by atoms with van der Waals surface area (Å²) in [4.78, 5) is 6.95. The Bertz CT molecular complexity index is 793. The van der Waals surface area contributed by atoms with Crippen molar-refractivity contribution in [3.63, 3.8) is 0 Å². The normalized spacial score (nSPS) is 18.4. The van der Waals surface area contributed by atoms with Crippen LogP contribution in [-0.2, 0) is 16.3 Å². The maximum atomic E-state index is 11.8. The van der Waals surface area contributed by atoms with Crippen LogP contribution in [0.3, 0.4) is 0 Å². The van der Waals surface area contributed by atoms with Crippen molar-refractivity contribution in [2.24, 2.45) is 5.92 Å².